The van der Waals surface area contributed by atoms with Crippen LogP contribution in [0.5, 0.6) is 0 Å². The van der Waals surface area contributed by atoms with E-state index in [9.17, 15) is 4.79 Å². The van der Waals surface area contributed by atoms with Crippen molar-refractivity contribution in [3.8, 4) is 11.6 Å². The van der Waals surface area contributed by atoms with E-state index in [1.807, 2.05) is 22.6 Å². The van der Waals surface area contributed by atoms with Crippen LogP contribution in [0.1, 0.15) is 19.6 Å². The van der Waals surface area contributed by atoms with E-state index in [4.69, 9.17) is 25.5 Å². The Balaban J connectivity index is 1.94. The van der Waals surface area contributed by atoms with E-state index in [1.165, 1.54) is 6.92 Å². The molecule has 1 aliphatic rings. The average molecular weight is 475 g/mol. The summed E-state index contributed by atoms with van der Waals surface area (Å²) in [6.45, 7) is 1.83. The number of nitrogens with zero attached hydrogens (tertiary/aromatic N) is 4. The summed E-state index contributed by atoms with van der Waals surface area (Å²) in [6, 6.07) is 3.54. The van der Waals surface area contributed by atoms with Crippen molar-refractivity contribution in [1.82, 2.24) is 19.5 Å². The van der Waals surface area contributed by atoms with Crippen LogP contribution in [0, 0.1) is 3.83 Å². The Bertz CT molecular complexity index is 943. The van der Waals surface area contributed by atoms with E-state index in [0.29, 0.717) is 39.6 Å². The molecule has 0 aliphatic carbocycles. The SMILES string of the molecule is CC(=O)O[C@@H]1CCO[C@H]1n1c(-c2ccco2)nc2c(Cl)nc(I)nc21. The van der Waals surface area contributed by atoms with Crippen LogP contribution in [0.25, 0.3) is 22.7 Å². The largest absolute Gasteiger partial charge is 0.461 e. The van der Waals surface area contributed by atoms with E-state index in [1.54, 1.807) is 23.0 Å². The quantitative estimate of drug-likeness (QED) is 0.249. The average Bonchev–Trinajstić information content (AvgIpc) is 3.24. The summed E-state index contributed by atoms with van der Waals surface area (Å²) in [4.78, 5) is 24.6. The predicted octanol–water partition coefficient (Wildman–Crippen LogP) is 3.19. The number of esters is 1. The first-order chi connectivity index (χ1) is 12.0. The standard InChI is InChI=1S/C15H12ClIN4O4/c1-7(22)25-9-4-6-24-14(9)21-12(8-3-2-5-23-8)18-10-11(16)19-15(17)20-13(10)21/h2-3,5,9,14H,4,6H2,1H3/t9-,14-/m1/s1. The minimum atomic E-state index is -0.573. The molecule has 4 heterocycles. The molecule has 0 amide bonds. The van der Waals surface area contributed by atoms with Gasteiger partial charge in [0.1, 0.15) is 11.6 Å². The molecule has 0 N–H and O–H groups in total. The molecule has 3 aromatic rings. The fraction of sp³-hybridized carbons (Fsp3) is 0.333. The number of carbonyl (C=O) groups excluding carboxylic acids is 1. The van der Waals surface area contributed by atoms with E-state index in [-0.39, 0.29) is 11.1 Å². The van der Waals surface area contributed by atoms with Crippen LogP contribution >= 0.6 is 34.2 Å². The minimum absolute atomic E-state index is 0.239. The highest BCUT2D eigenvalue weighted by molar-refractivity contribution is 14.1. The fourth-order valence-electron chi connectivity index (χ4n) is 2.86. The predicted molar refractivity (Wildman–Crippen MR) is 95.9 cm³/mol. The van der Waals surface area contributed by atoms with Crippen LogP contribution in [0.3, 0.4) is 0 Å². The zero-order valence-corrected chi connectivity index (χ0v) is 15.9. The Hall–Kier alpha value is -1.72. The van der Waals surface area contributed by atoms with E-state index in [0.717, 1.165) is 0 Å². The molecule has 8 nitrogen and oxygen atoms in total. The summed E-state index contributed by atoms with van der Waals surface area (Å²) in [5.74, 6) is 0.648. The second kappa shape index (κ2) is 6.54. The molecule has 3 aromatic heterocycles. The monoisotopic (exact) mass is 474 g/mol. The van der Waals surface area contributed by atoms with Gasteiger partial charge in [-0.15, -0.1) is 0 Å². The van der Waals surface area contributed by atoms with Gasteiger partial charge in [-0.1, -0.05) is 11.6 Å². The number of halogens is 2. The van der Waals surface area contributed by atoms with Gasteiger partial charge >= 0.3 is 5.97 Å². The first-order valence-electron chi connectivity index (χ1n) is 7.48. The molecule has 1 fully saturated rings. The molecule has 0 saturated carbocycles. The molecule has 4 rings (SSSR count). The van der Waals surface area contributed by atoms with Crippen LogP contribution in [0.15, 0.2) is 22.8 Å². The third kappa shape index (κ3) is 3.00. The first kappa shape index (κ1) is 16.7. The lowest BCUT2D eigenvalue weighted by Crippen LogP contribution is -2.25. The number of hydrogen-bond donors (Lipinski definition) is 0. The Kier molecular flexibility index (Phi) is 4.38. The van der Waals surface area contributed by atoms with Crippen LogP contribution in [0.2, 0.25) is 5.15 Å². The second-order valence-electron chi connectivity index (χ2n) is 5.44. The van der Waals surface area contributed by atoms with Crippen molar-refractivity contribution in [1.29, 1.82) is 0 Å². The smallest absolute Gasteiger partial charge is 0.303 e. The highest BCUT2D eigenvalue weighted by atomic mass is 127. The van der Waals surface area contributed by atoms with Crippen LogP contribution < -0.4 is 0 Å². The van der Waals surface area contributed by atoms with Gasteiger partial charge in [0.15, 0.2) is 32.4 Å². The molecule has 0 spiro atoms. The van der Waals surface area contributed by atoms with Gasteiger partial charge in [-0.3, -0.25) is 9.36 Å². The van der Waals surface area contributed by atoms with Gasteiger partial charge in [-0.2, -0.15) is 0 Å². The molecule has 1 saturated heterocycles. The van der Waals surface area contributed by atoms with Gasteiger partial charge in [0.25, 0.3) is 0 Å². The Labute approximate surface area is 160 Å². The van der Waals surface area contributed by atoms with Crippen molar-refractivity contribution in [2.45, 2.75) is 25.7 Å². The summed E-state index contributed by atoms with van der Waals surface area (Å²) in [7, 11) is 0. The fourth-order valence-corrected chi connectivity index (χ4v) is 3.68. The number of fused-ring (bicyclic) bond motifs is 1. The van der Waals surface area contributed by atoms with Crippen molar-refractivity contribution in [2.24, 2.45) is 0 Å². The van der Waals surface area contributed by atoms with Crippen LogP contribution in [0.4, 0.5) is 0 Å². The maximum absolute atomic E-state index is 11.4. The number of hydrogen-bond acceptors (Lipinski definition) is 7. The third-order valence-corrected chi connectivity index (χ3v) is 4.54. The van der Waals surface area contributed by atoms with Gasteiger partial charge in [0.2, 0.25) is 0 Å². The van der Waals surface area contributed by atoms with Gasteiger partial charge in [-0.25, -0.2) is 15.0 Å². The second-order valence-corrected chi connectivity index (χ2v) is 6.76. The molecular weight excluding hydrogens is 463 g/mol. The number of imidazole rings is 1. The number of aromatic nitrogens is 4. The Morgan fingerprint density at radius 3 is 3.00 bits per heavy atom. The molecule has 25 heavy (non-hydrogen) atoms. The normalized spacial score (nSPS) is 20.3. The van der Waals surface area contributed by atoms with Crippen molar-refractivity contribution in [3.63, 3.8) is 0 Å². The lowest BCUT2D eigenvalue weighted by Gasteiger charge is -2.21. The molecule has 0 bridgehead atoms. The number of carbonyl (C=O) groups is 1. The van der Waals surface area contributed by atoms with Crippen molar-refractivity contribution < 1.29 is 18.7 Å². The zero-order chi connectivity index (χ0) is 17.6. The first-order valence-corrected chi connectivity index (χ1v) is 8.94. The number of rotatable bonds is 3. The van der Waals surface area contributed by atoms with Crippen LogP contribution in [-0.2, 0) is 14.3 Å². The van der Waals surface area contributed by atoms with E-state index < -0.39 is 12.3 Å². The maximum Gasteiger partial charge on any atom is 0.303 e. The maximum atomic E-state index is 11.4. The van der Waals surface area contributed by atoms with Crippen LogP contribution in [-0.4, -0.2) is 38.2 Å². The molecule has 130 valence electrons. The summed E-state index contributed by atoms with van der Waals surface area (Å²) in [5.41, 5.74) is 0.936. The van der Waals surface area contributed by atoms with Gasteiger partial charge in [-0.05, 0) is 12.1 Å². The molecule has 0 unspecified atom stereocenters. The van der Waals surface area contributed by atoms with Gasteiger partial charge < -0.3 is 13.9 Å². The highest BCUT2D eigenvalue weighted by Gasteiger charge is 2.36. The molecule has 1 aliphatic heterocycles. The summed E-state index contributed by atoms with van der Waals surface area (Å²) in [5, 5.41) is 0.239. The van der Waals surface area contributed by atoms with Gasteiger partial charge in [0.05, 0.1) is 12.9 Å². The van der Waals surface area contributed by atoms with Crippen molar-refractivity contribution in [3.05, 3.63) is 27.4 Å². The zero-order valence-electron chi connectivity index (χ0n) is 13.0. The lowest BCUT2D eigenvalue weighted by molar-refractivity contribution is -0.151. The number of ether oxygens (including phenoxy) is 2. The molecule has 0 radical (unpaired) electrons. The summed E-state index contributed by atoms with van der Waals surface area (Å²) < 4.78 is 19.0. The minimum Gasteiger partial charge on any atom is -0.461 e. The van der Waals surface area contributed by atoms with E-state index >= 15 is 0 Å². The van der Waals surface area contributed by atoms with E-state index in [2.05, 4.69) is 15.0 Å². The third-order valence-electron chi connectivity index (χ3n) is 3.79. The number of furan rings is 1. The topological polar surface area (TPSA) is 92.3 Å². The molecule has 10 heteroatoms. The van der Waals surface area contributed by atoms with Crippen molar-refractivity contribution >= 4 is 51.3 Å². The Morgan fingerprint density at radius 2 is 2.28 bits per heavy atom. The summed E-state index contributed by atoms with van der Waals surface area (Å²) >= 11 is 8.23. The molecule has 2 atom stereocenters. The lowest BCUT2D eigenvalue weighted by atomic mass is 10.2. The molecule has 0 aromatic carbocycles. The highest BCUT2D eigenvalue weighted by Crippen LogP contribution is 2.36. The van der Waals surface area contributed by atoms with Crippen molar-refractivity contribution in [2.75, 3.05) is 6.61 Å². The Morgan fingerprint density at radius 1 is 1.44 bits per heavy atom. The van der Waals surface area contributed by atoms with Gasteiger partial charge in [0, 0.05) is 35.9 Å². The summed E-state index contributed by atoms with van der Waals surface area (Å²) in [6.07, 6.45) is 1.11. The molecular formula is C15H12ClIN4O4.